The van der Waals surface area contributed by atoms with Crippen molar-refractivity contribution in [1.82, 2.24) is 10.3 Å². The van der Waals surface area contributed by atoms with Crippen molar-refractivity contribution in [2.75, 3.05) is 13.6 Å². The van der Waals surface area contributed by atoms with Crippen molar-refractivity contribution in [3.8, 4) is 10.6 Å². The molecule has 0 amide bonds. The van der Waals surface area contributed by atoms with Crippen LogP contribution in [0.2, 0.25) is 0 Å². The first-order chi connectivity index (χ1) is 7.81. The Balaban J connectivity index is 2.22. The molecule has 0 aliphatic heterocycles. The van der Waals surface area contributed by atoms with Crippen LogP contribution in [0.3, 0.4) is 0 Å². The third kappa shape index (κ3) is 2.70. The first-order valence-electron chi connectivity index (χ1n) is 5.15. The Kier molecular flexibility index (Phi) is 4.09. The maximum absolute atomic E-state index is 4.46. The lowest BCUT2D eigenvalue weighted by molar-refractivity contribution is 0.798. The van der Waals surface area contributed by atoms with Gasteiger partial charge in [0.25, 0.3) is 0 Å². The van der Waals surface area contributed by atoms with Crippen molar-refractivity contribution in [2.45, 2.75) is 6.42 Å². The quantitative estimate of drug-likeness (QED) is 0.936. The van der Waals surface area contributed by atoms with Crippen LogP contribution in [0.5, 0.6) is 0 Å². The van der Waals surface area contributed by atoms with Gasteiger partial charge in [-0.25, -0.2) is 4.98 Å². The lowest BCUT2D eigenvalue weighted by Crippen LogP contribution is -2.09. The molecule has 4 heteroatoms. The predicted octanol–water partition coefficient (Wildman–Crippen LogP) is 3.33. The summed E-state index contributed by atoms with van der Waals surface area (Å²) in [5.41, 5.74) is 1.17. The molecule has 0 spiro atoms. The third-order valence-corrected chi connectivity index (χ3v) is 4.06. The highest BCUT2D eigenvalue weighted by atomic mass is 79.9. The smallest absolute Gasteiger partial charge is 0.124 e. The lowest BCUT2D eigenvalue weighted by Gasteiger charge is -1.98. The average Bonchev–Trinajstić information content (AvgIpc) is 2.75. The summed E-state index contributed by atoms with van der Waals surface area (Å²) in [5.74, 6) is 0. The maximum atomic E-state index is 4.46. The van der Waals surface area contributed by atoms with Gasteiger partial charge < -0.3 is 5.32 Å². The van der Waals surface area contributed by atoms with E-state index in [1.165, 1.54) is 10.4 Å². The fourth-order valence-corrected chi connectivity index (χ4v) is 2.99. The zero-order valence-corrected chi connectivity index (χ0v) is 11.4. The zero-order valence-electron chi connectivity index (χ0n) is 9.03. The fraction of sp³-hybridized carbons (Fsp3) is 0.250. The Morgan fingerprint density at radius 3 is 2.94 bits per heavy atom. The minimum atomic E-state index is 0.998. The molecule has 0 fully saturated rings. The fourth-order valence-electron chi connectivity index (χ4n) is 1.43. The second-order valence-corrected chi connectivity index (χ2v) is 5.43. The number of hydrogen-bond donors (Lipinski definition) is 1. The zero-order chi connectivity index (χ0) is 11.4. The lowest BCUT2D eigenvalue weighted by atomic mass is 10.2. The summed E-state index contributed by atoms with van der Waals surface area (Å²) in [6.07, 6.45) is 3.01. The van der Waals surface area contributed by atoms with Crippen molar-refractivity contribution in [2.24, 2.45) is 0 Å². The van der Waals surface area contributed by atoms with Crippen molar-refractivity contribution < 1.29 is 0 Å². The number of rotatable bonds is 4. The van der Waals surface area contributed by atoms with Crippen LogP contribution in [-0.2, 0) is 6.42 Å². The molecule has 1 heterocycles. The number of benzene rings is 1. The molecule has 84 valence electrons. The first-order valence-corrected chi connectivity index (χ1v) is 6.76. The van der Waals surface area contributed by atoms with Gasteiger partial charge >= 0.3 is 0 Å². The number of nitrogens with zero attached hydrogens (tertiary/aromatic N) is 1. The van der Waals surface area contributed by atoms with Gasteiger partial charge in [-0.2, -0.15) is 0 Å². The molecule has 0 unspecified atom stereocenters. The standard InChI is InChI=1S/C12H13BrN2S/c1-14-7-6-9-8-15-12(16-9)10-4-2-3-5-11(10)13/h2-5,8,14H,6-7H2,1H3. The number of aromatic nitrogens is 1. The van der Waals surface area contributed by atoms with Gasteiger partial charge in [-0.3, -0.25) is 0 Å². The molecule has 1 aromatic carbocycles. The number of thiazole rings is 1. The highest BCUT2D eigenvalue weighted by Gasteiger charge is 2.07. The molecule has 0 bridgehead atoms. The summed E-state index contributed by atoms with van der Waals surface area (Å²) >= 11 is 5.31. The van der Waals surface area contributed by atoms with Crippen LogP contribution in [0.1, 0.15) is 4.88 Å². The second kappa shape index (κ2) is 5.57. The summed E-state index contributed by atoms with van der Waals surface area (Å²) in [5, 5.41) is 4.23. The summed E-state index contributed by atoms with van der Waals surface area (Å²) in [7, 11) is 1.97. The first kappa shape index (κ1) is 11.8. The van der Waals surface area contributed by atoms with Crippen LogP contribution < -0.4 is 5.32 Å². The molecular weight excluding hydrogens is 284 g/mol. The topological polar surface area (TPSA) is 24.9 Å². The molecule has 0 saturated carbocycles. The van der Waals surface area contributed by atoms with E-state index in [9.17, 15) is 0 Å². The molecule has 2 nitrogen and oxygen atoms in total. The van der Waals surface area contributed by atoms with E-state index in [4.69, 9.17) is 0 Å². The minimum absolute atomic E-state index is 0.998. The Bertz CT molecular complexity index is 468. The van der Waals surface area contributed by atoms with Crippen LogP contribution in [0.25, 0.3) is 10.6 Å². The summed E-state index contributed by atoms with van der Waals surface area (Å²) in [6.45, 7) is 0.998. The Labute approximate surface area is 108 Å². The van der Waals surface area contributed by atoms with E-state index in [1.807, 2.05) is 31.4 Å². The van der Waals surface area contributed by atoms with Gasteiger partial charge in [0.2, 0.25) is 0 Å². The largest absolute Gasteiger partial charge is 0.319 e. The number of nitrogens with one attached hydrogen (secondary N) is 1. The van der Waals surface area contributed by atoms with Gasteiger partial charge in [0.05, 0.1) is 0 Å². The highest BCUT2D eigenvalue weighted by molar-refractivity contribution is 9.10. The summed E-state index contributed by atoms with van der Waals surface area (Å²) in [6, 6.07) is 8.19. The van der Waals surface area contributed by atoms with Crippen LogP contribution >= 0.6 is 27.3 Å². The van der Waals surface area contributed by atoms with Gasteiger partial charge in [-0.15, -0.1) is 11.3 Å². The SMILES string of the molecule is CNCCc1cnc(-c2ccccc2Br)s1. The minimum Gasteiger partial charge on any atom is -0.319 e. The van der Waals surface area contributed by atoms with Crippen molar-refractivity contribution in [3.05, 3.63) is 39.8 Å². The number of halogens is 1. The summed E-state index contributed by atoms with van der Waals surface area (Å²) < 4.78 is 1.10. The molecule has 0 radical (unpaired) electrons. The van der Waals surface area contributed by atoms with Gasteiger partial charge in [0.1, 0.15) is 5.01 Å². The van der Waals surface area contributed by atoms with Crippen molar-refractivity contribution >= 4 is 27.3 Å². The van der Waals surface area contributed by atoms with E-state index in [2.05, 4.69) is 32.3 Å². The van der Waals surface area contributed by atoms with Crippen molar-refractivity contribution in [1.29, 1.82) is 0 Å². The van der Waals surface area contributed by atoms with Crippen LogP contribution in [0.4, 0.5) is 0 Å². The molecule has 16 heavy (non-hydrogen) atoms. The van der Waals surface area contributed by atoms with Gasteiger partial charge in [-0.05, 0) is 26.1 Å². The average molecular weight is 297 g/mol. The maximum Gasteiger partial charge on any atom is 0.124 e. The molecule has 0 aliphatic rings. The van der Waals surface area contributed by atoms with Crippen molar-refractivity contribution in [3.63, 3.8) is 0 Å². The molecule has 0 aliphatic carbocycles. The highest BCUT2D eigenvalue weighted by Crippen LogP contribution is 2.31. The monoisotopic (exact) mass is 296 g/mol. The van der Waals surface area contributed by atoms with Gasteiger partial charge in [0, 0.05) is 21.1 Å². The van der Waals surface area contributed by atoms with E-state index in [1.54, 1.807) is 11.3 Å². The van der Waals surface area contributed by atoms with E-state index >= 15 is 0 Å². The molecule has 0 saturated heterocycles. The van der Waals surface area contributed by atoms with Gasteiger partial charge in [0.15, 0.2) is 0 Å². The number of hydrogen-bond acceptors (Lipinski definition) is 3. The predicted molar refractivity (Wildman–Crippen MR) is 72.9 cm³/mol. The second-order valence-electron chi connectivity index (χ2n) is 3.47. The molecule has 1 aromatic heterocycles. The van der Waals surface area contributed by atoms with Crippen LogP contribution in [0.15, 0.2) is 34.9 Å². The Morgan fingerprint density at radius 2 is 2.19 bits per heavy atom. The third-order valence-electron chi connectivity index (χ3n) is 2.28. The van der Waals surface area contributed by atoms with E-state index in [-0.39, 0.29) is 0 Å². The van der Waals surface area contributed by atoms with Crippen LogP contribution in [0, 0.1) is 0 Å². The molecule has 1 N–H and O–H groups in total. The van der Waals surface area contributed by atoms with E-state index in [0.717, 1.165) is 22.4 Å². The Morgan fingerprint density at radius 1 is 1.38 bits per heavy atom. The summed E-state index contributed by atoms with van der Waals surface area (Å²) in [4.78, 5) is 5.78. The molecule has 2 aromatic rings. The van der Waals surface area contributed by atoms with Gasteiger partial charge in [-0.1, -0.05) is 34.1 Å². The number of likely N-dealkylation sites (N-methyl/N-ethyl adjacent to an activating group) is 1. The van der Waals surface area contributed by atoms with E-state index in [0.29, 0.717) is 0 Å². The molecule has 0 atom stereocenters. The molecule has 2 rings (SSSR count). The molecular formula is C12H13BrN2S. The Hall–Kier alpha value is -0.710. The van der Waals surface area contributed by atoms with E-state index < -0.39 is 0 Å². The normalized spacial score (nSPS) is 10.6. The van der Waals surface area contributed by atoms with Crippen LogP contribution in [-0.4, -0.2) is 18.6 Å².